The van der Waals surface area contributed by atoms with Gasteiger partial charge in [-0.05, 0) is 0 Å². The predicted molar refractivity (Wildman–Crippen MR) is 20.8 cm³/mol. The molecule has 0 aliphatic carbocycles. The molecule has 0 fully saturated rings. The SMILES string of the molecule is N.OO.OO.OO. The molecule has 0 radical (unpaired) electrons. The molecule has 7 heteroatoms. The van der Waals surface area contributed by atoms with Crippen molar-refractivity contribution in [2.45, 2.75) is 0 Å². The van der Waals surface area contributed by atoms with E-state index >= 15 is 0 Å². The van der Waals surface area contributed by atoms with Gasteiger partial charge in [-0.25, -0.2) is 0 Å². The standard InChI is InChI=1S/H3N.3H2O2/c;3*1-2/h1H3;3*1-2H. The zero-order chi connectivity index (χ0) is 6.00. The minimum Gasteiger partial charge on any atom is -0.344 e. The first-order valence-electron chi connectivity index (χ1n) is 0.600. The summed E-state index contributed by atoms with van der Waals surface area (Å²) in [6.07, 6.45) is 0. The maximum atomic E-state index is 6.00. The first-order chi connectivity index (χ1) is 3.00. The van der Waals surface area contributed by atoms with Gasteiger partial charge in [-0.1, -0.05) is 0 Å². The second-order valence-electron chi connectivity index (χ2n) is 0. The summed E-state index contributed by atoms with van der Waals surface area (Å²) in [7, 11) is 0. The lowest BCUT2D eigenvalue weighted by molar-refractivity contribution is -0.176. The van der Waals surface area contributed by atoms with Crippen LogP contribution in [-0.2, 0) is 0 Å². The molecular weight excluding hydrogens is 110 g/mol. The lowest BCUT2D eigenvalue weighted by Crippen LogP contribution is -1.29. The minimum atomic E-state index is 0. The fourth-order valence-corrected chi connectivity index (χ4v) is 0. The molecule has 0 aliphatic rings. The molecule has 0 rings (SSSR count). The molecule has 0 amide bonds. The quantitative estimate of drug-likeness (QED) is 0.177. The van der Waals surface area contributed by atoms with Crippen LogP contribution < -0.4 is 6.15 Å². The van der Waals surface area contributed by atoms with Gasteiger partial charge in [-0.3, -0.25) is 31.5 Å². The molecule has 0 aliphatic heterocycles. The third kappa shape index (κ3) is 1010. The van der Waals surface area contributed by atoms with Crippen molar-refractivity contribution in [1.29, 1.82) is 0 Å². The fourth-order valence-electron chi connectivity index (χ4n) is 0. The monoisotopic (exact) mass is 119 g/mol. The Bertz CT molecular complexity index is 4.14. The average molecular weight is 119 g/mol. The third-order valence-corrected chi connectivity index (χ3v) is 0. The molecule has 0 unspecified atom stereocenters. The van der Waals surface area contributed by atoms with Crippen LogP contribution in [0.5, 0.6) is 0 Å². The van der Waals surface area contributed by atoms with Crippen LogP contribution in [0.2, 0.25) is 0 Å². The van der Waals surface area contributed by atoms with Crippen LogP contribution in [0.25, 0.3) is 0 Å². The lowest BCUT2D eigenvalue weighted by Gasteiger charge is -1.25. The van der Waals surface area contributed by atoms with Crippen LogP contribution in [0.4, 0.5) is 0 Å². The van der Waals surface area contributed by atoms with E-state index in [0.29, 0.717) is 0 Å². The summed E-state index contributed by atoms with van der Waals surface area (Å²) < 4.78 is 0. The van der Waals surface area contributed by atoms with E-state index in [1.54, 1.807) is 0 Å². The molecule has 0 aromatic rings. The van der Waals surface area contributed by atoms with Gasteiger partial charge in [0.2, 0.25) is 0 Å². The predicted octanol–water partition coefficient (Wildman–Crippen LogP) is 0.214. The second-order valence-corrected chi connectivity index (χ2v) is 0. The smallest absolute Gasteiger partial charge is 0.255 e. The highest BCUT2D eigenvalue weighted by Gasteiger charge is 0.749. The Balaban J connectivity index is -0.00000000900. The van der Waals surface area contributed by atoms with Gasteiger partial charge in [-0.15, -0.1) is 0 Å². The van der Waals surface area contributed by atoms with E-state index in [2.05, 4.69) is 0 Å². The molecular formula is H9NO6. The van der Waals surface area contributed by atoms with E-state index in [0.717, 1.165) is 0 Å². The van der Waals surface area contributed by atoms with Gasteiger partial charge in [0.25, 0.3) is 0 Å². The molecule has 0 aromatic heterocycles. The van der Waals surface area contributed by atoms with E-state index in [4.69, 9.17) is 31.5 Å². The number of hydrogen-bond acceptors (Lipinski definition) is 7. The molecule has 0 aromatic carbocycles. The van der Waals surface area contributed by atoms with Crippen LogP contribution in [0.15, 0.2) is 0 Å². The van der Waals surface area contributed by atoms with Gasteiger partial charge < -0.3 is 6.15 Å². The van der Waals surface area contributed by atoms with Crippen molar-refractivity contribution in [2.75, 3.05) is 0 Å². The van der Waals surface area contributed by atoms with Gasteiger partial charge in [0, 0.05) is 0 Å². The maximum absolute atomic E-state index is 6.00. The van der Waals surface area contributed by atoms with E-state index in [9.17, 15) is 0 Å². The minimum absolute atomic E-state index is 0. The molecule has 0 saturated heterocycles. The Labute approximate surface area is 39.1 Å². The molecule has 0 bridgehead atoms. The summed E-state index contributed by atoms with van der Waals surface area (Å²) in [4.78, 5) is 0. The Hall–Kier alpha value is -0.280. The summed E-state index contributed by atoms with van der Waals surface area (Å²) in [5.74, 6) is 0. The molecule has 0 saturated carbocycles. The van der Waals surface area contributed by atoms with Crippen molar-refractivity contribution in [3.8, 4) is 0 Å². The first-order valence-corrected chi connectivity index (χ1v) is 0.600. The van der Waals surface area contributed by atoms with Crippen LogP contribution >= 0.6 is 0 Å². The number of hydrogen-bond donors (Lipinski definition) is 7. The maximum Gasteiger partial charge on any atom is -0.255 e. The van der Waals surface area contributed by atoms with E-state index in [1.807, 2.05) is 0 Å². The number of rotatable bonds is 0. The summed E-state index contributed by atoms with van der Waals surface area (Å²) in [6, 6.07) is 0. The van der Waals surface area contributed by atoms with Crippen molar-refractivity contribution in [2.24, 2.45) is 0 Å². The summed E-state index contributed by atoms with van der Waals surface area (Å²) in [5.41, 5.74) is 0. The Morgan fingerprint density at radius 1 is 0.429 bits per heavy atom. The molecule has 9 N–H and O–H groups in total. The van der Waals surface area contributed by atoms with Gasteiger partial charge in [0.05, 0.1) is 0 Å². The van der Waals surface area contributed by atoms with Gasteiger partial charge in [0.1, 0.15) is 0 Å². The molecule has 0 atom stereocenters. The lowest BCUT2D eigenvalue weighted by atomic mass is 14.0. The van der Waals surface area contributed by atoms with Gasteiger partial charge >= 0.3 is 0 Å². The van der Waals surface area contributed by atoms with Crippen LogP contribution in [0, 0.1) is 0 Å². The average Bonchev–Trinajstić information content (AvgIpc) is 1.81. The highest BCUT2D eigenvalue weighted by Crippen LogP contribution is 0.715. The van der Waals surface area contributed by atoms with Crippen molar-refractivity contribution in [1.82, 2.24) is 6.15 Å². The van der Waals surface area contributed by atoms with Crippen molar-refractivity contribution in [3.05, 3.63) is 0 Å². The normalized spacial score (nSPS) is 2.57. The van der Waals surface area contributed by atoms with Crippen molar-refractivity contribution in [3.63, 3.8) is 0 Å². The molecule has 0 heterocycles. The van der Waals surface area contributed by atoms with Crippen molar-refractivity contribution < 1.29 is 31.5 Å². The Morgan fingerprint density at radius 3 is 0.429 bits per heavy atom. The molecule has 50 valence electrons. The summed E-state index contributed by atoms with van der Waals surface area (Å²) in [5, 5.41) is 36.0. The fraction of sp³-hybridized carbons (Fsp3) is 0. The third-order valence-electron chi connectivity index (χ3n) is 0. The Kier molecular flexibility index (Phi) is 6900. The van der Waals surface area contributed by atoms with Crippen LogP contribution in [0.1, 0.15) is 0 Å². The largest absolute Gasteiger partial charge is 0.344 e. The van der Waals surface area contributed by atoms with E-state index < -0.39 is 0 Å². The Morgan fingerprint density at radius 2 is 0.429 bits per heavy atom. The summed E-state index contributed by atoms with van der Waals surface area (Å²) in [6.45, 7) is 0. The van der Waals surface area contributed by atoms with E-state index in [1.165, 1.54) is 0 Å². The zero-order valence-corrected chi connectivity index (χ0v) is 3.39. The van der Waals surface area contributed by atoms with Crippen LogP contribution in [-0.4, -0.2) is 31.5 Å². The van der Waals surface area contributed by atoms with Gasteiger partial charge in [0.15, 0.2) is 0 Å². The molecule has 0 spiro atoms. The second kappa shape index (κ2) is 1630. The van der Waals surface area contributed by atoms with Gasteiger partial charge in [-0.2, -0.15) is 0 Å². The molecule has 7 nitrogen and oxygen atoms in total. The first kappa shape index (κ1) is 29.7. The highest BCUT2D eigenvalue weighted by atomic mass is 17.0. The highest BCUT2D eigenvalue weighted by molar-refractivity contribution is 2.13. The molecule has 7 heavy (non-hydrogen) atoms. The van der Waals surface area contributed by atoms with Crippen LogP contribution in [0.3, 0.4) is 0 Å². The summed E-state index contributed by atoms with van der Waals surface area (Å²) >= 11 is 0. The van der Waals surface area contributed by atoms with Crippen molar-refractivity contribution >= 4 is 0 Å². The zero-order valence-electron chi connectivity index (χ0n) is 3.39. The topological polar surface area (TPSA) is 156 Å². The van der Waals surface area contributed by atoms with E-state index in [-0.39, 0.29) is 6.15 Å².